The molecule has 0 bridgehead atoms. The zero-order valence-corrected chi connectivity index (χ0v) is 14.9. The number of benzene rings is 1. The first-order valence-electron chi connectivity index (χ1n) is 7.49. The number of halogens is 1. The van der Waals surface area contributed by atoms with Gasteiger partial charge in [-0.2, -0.15) is 0 Å². The van der Waals surface area contributed by atoms with Gasteiger partial charge in [0.05, 0.1) is 0 Å². The van der Waals surface area contributed by atoms with Crippen LogP contribution in [0.15, 0.2) is 28.7 Å². The Bertz CT molecular complexity index is 630. The smallest absolute Gasteiger partial charge is 0.325 e. The van der Waals surface area contributed by atoms with Gasteiger partial charge in [0.25, 0.3) is 5.91 Å². The van der Waals surface area contributed by atoms with E-state index in [9.17, 15) is 14.4 Å². The van der Waals surface area contributed by atoms with E-state index >= 15 is 0 Å². The number of nitrogens with zero attached hydrogens (tertiary/aromatic N) is 1. The number of carbonyl (C=O) groups is 3. The molecule has 1 heterocycles. The molecule has 0 aliphatic carbocycles. The fourth-order valence-electron chi connectivity index (χ4n) is 2.70. The number of hydrogen-bond acceptors (Lipinski definition) is 3. The number of rotatable bonds is 5. The van der Waals surface area contributed by atoms with Crippen LogP contribution in [-0.4, -0.2) is 34.8 Å². The maximum absolute atomic E-state index is 12.6. The summed E-state index contributed by atoms with van der Waals surface area (Å²) < 4.78 is 0.897. The molecule has 1 saturated heterocycles. The van der Waals surface area contributed by atoms with Gasteiger partial charge in [-0.05, 0) is 36.6 Å². The Balaban J connectivity index is 2.07. The molecule has 1 aliphatic heterocycles. The van der Waals surface area contributed by atoms with Crippen LogP contribution < -0.4 is 10.6 Å². The van der Waals surface area contributed by atoms with E-state index in [2.05, 4.69) is 26.6 Å². The first kappa shape index (κ1) is 17.5. The van der Waals surface area contributed by atoms with Gasteiger partial charge < -0.3 is 10.6 Å². The van der Waals surface area contributed by atoms with Crippen LogP contribution in [0.1, 0.15) is 27.2 Å². The molecule has 6 nitrogen and oxygen atoms in total. The van der Waals surface area contributed by atoms with Crippen molar-refractivity contribution in [3.8, 4) is 0 Å². The summed E-state index contributed by atoms with van der Waals surface area (Å²) in [6.07, 6.45) is 0.486. The van der Waals surface area contributed by atoms with Gasteiger partial charge in [0.1, 0.15) is 12.1 Å². The summed E-state index contributed by atoms with van der Waals surface area (Å²) >= 11 is 3.31. The highest BCUT2D eigenvalue weighted by atomic mass is 79.9. The van der Waals surface area contributed by atoms with Gasteiger partial charge in [-0.25, -0.2) is 4.79 Å². The topological polar surface area (TPSA) is 78.5 Å². The van der Waals surface area contributed by atoms with Crippen LogP contribution in [0, 0.1) is 5.92 Å². The molecule has 2 N–H and O–H groups in total. The largest absolute Gasteiger partial charge is 0.325 e. The van der Waals surface area contributed by atoms with Crippen molar-refractivity contribution >= 4 is 39.5 Å². The summed E-state index contributed by atoms with van der Waals surface area (Å²) in [6, 6.07) is 6.54. The van der Waals surface area contributed by atoms with Gasteiger partial charge in [0, 0.05) is 10.2 Å². The molecule has 2 rings (SSSR count). The first-order valence-corrected chi connectivity index (χ1v) is 8.29. The Labute approximate surface area is 143 Å². The first-order chi connectivity index (χ1) is 10.8. The number of hydrogen-bond donors (Lipinski definition) is 2. The van der Waals surface area contributed by atoms with Crippen molar-refractivity contribution in [2.75, 3.05) is 11.9 Å². The molecule has 1 unspecified atom stereocenters. The maximum atomic E-state index is 12.6. The summed E-state index contributed by atoms with van der Waals surface area (Å²) in [5.41, 5.74) is -0.314. The second kappa shape index (κ2) is 6.70. The minimum absolute atomic E-state index is 0.0523. The zero-order chi connectivity index (χ0) is 17.2. The lowest BCUT2D eigenvalue weighted by atomic mass is 9.84. The Hall–Kier alpha value is -1.89. The zero-order valence-electron chi connectivity index (χ0n) is 13.4. The predicted molar refractivity (Wildman–Crippen MR) is 90.9 cm³/mol. The van der Waals surface area contributed by atoms with Crippen molar-refractivity contribution in [3.63, 3.8) is 0 Å². The number of imide groups is 1. The minimum Gasteiger partial charge on any atom is -0.325 e. The van der Waals surface area contributed by atoms with E-state index in [1.165, 1.54) is 0 Å². The number of anilines is 1. The average molecular weight is 382 g/mol. The normalized spacial score (nSPS) is 20.8. The fourth-order valence-corrected chi connectivity index (χ4v) is 2.97. The third-order valence-electron chi connectivity index (χ3n) is 4.17. The molecular formula is C16H20BrN3O3. The molecule has 7 heteroatoms. The number of urea groups is 1. The van der Waals surface area contributed by atoms with E-state index in [0.29, 0.717) is 12.1 Å². The molecule has 124 valence electrons. The monoisotopic (exact) mass is 381 g/mol. The lowest BCUT2D eigenvalue weighted by molar-refractivity contribution is -0.135. The Morgan fingerprint density at radius 3 is 2.39 bits per heavy atom. The van der Waals surface area contributed by atoms with E-state index < -0.39 is 17.5 Å². The predicted octanol–water partition coefficient (Wildman–Crippen LogP) is 2.74. The maximum Gasteiger partial charge on any atom is 0.325 e. The van der Waals surface area contributed by atoms with Gasteiger partial charge in [-0.1, -0.05) is 36.7 Å². The quantitative estimate of drug-likeness (QED) is 0.769. The van der Waals surface area contributed by atoms with Gasteiger partial charge in [0.2, 0.25) is 5.91 Å². The molecular weight excluding hydrogens is 362 g/mol. The number of carbonyl (C=O) groups excluding carboxylic acids is 3. The number of nitrogens with one attached hydrogen (secondary N) is 2. The van der Waals surface area contributed by atoms with E-state index in [1.54, 1.807) is 24.3 Å². The Kier molecular flexibility index (Phi) is 5.09. The third kappa shape index (κ3) is 3.39. The Morgan fingerprint density at radius 2 is 1.91 bits per heavy atom. The lowest BCUT2D eigenvalue weighted by Gasteiger charge is -2.29. The molecule has 1 fully saturated rings. The standard InChI is InChI=1S/C16H20BrN3O3/c1-4-16(10(2)3)14(22)20(15(23)19-16)9-13(21)18-12-7-5-11(17)6-8-12/h5-8,10H,4,9H2,1-3H3,(H,18,21)(H,19,23). The summed E-state index contributed by atoms with van der Waals surface area (Å²) in [6.45, 7) is 5.32. The van der Waals surface area contributed by atoms with Crippen molar-refractivity contribution < 1.29 is 14.4 Å². The second-order valence-corrected chi connectivity index (χ2v) is 6.77. The summed E-state index contributed by atoms with van der Waals surface area (Å²) in [7, 11) is 0. The average Bonchev–Trinajstić information content (AvgIpc) is 2.74. The second-order valence-electron chi connectivity index (χ2n) is 5.86. The van der Waals surface area contributed by atoms with Crippen LogP contribution in [0.2, 0.25) is 0 Å². The van der Waals surface area contributed by atoms with Crippen LogP contribution in [0.5, 0.6) is 0 Å². The number of amides is 4. The molecule has 1 aromatic carbocycles. The van der Waals surface area contributed by atoms with E-state index in [-0.39, 0.29) is 18.4 Å². The van der Waals surface area contributed by atoms with Gasteiger partial charge in [-0.3, -0.25) is 14.5 Å². The van der Waals surface area contributed by atoms with Crippen LogP contribution >= 0.6 is 15.9 Å². The van der Waals surface area contributed by atoms with Crippen LogP contribution in [-0.2, 0) is 9.59 Å². The van der Waals surface area contributed by atoms with Crippen molar-refractivity contribution in [2.45, 2.75) is 32.7 Å². The molecule has 0 saturated carbocycles. The van der Waals surface area contributed by atoms with Crippen molar-refractivity contribution in [1.82, 2.24) is 10.2 Å². The van der Waals surface area contributed by atoms with E-state index in [0.717, 1.165) is 9.37 Å². The molecule has 1 atom stereocenters. The van der Waals surface area contributed by atoms with E-state index in [4.69, 9.17) is 0 Å². The Morgan fingerprint density at radius 1 is 1.30 bits per heavy atom. The highest BCUT2D eigenvalue weighted by Crippen LogP contribution is 2.29. The summed E-state index contributed by atoms with van der Waals surface area (Å²) in [5, 5.41) is 5.42. The van der Waals surface area contributed by atoms with Gasteiger partial charge >= 0.3 is 6.03 Å². The minimum atomic E-state index is -0.922. The molecule has 4 amide bonds. The van der Waals surface area contributed by atoms with Crippen LogP contribution in [0.4, 0.5) is 10.5 Å². The van der Waals surface area contributed by atoms with Crippen LogP contribution in [0.25, 0.3) is 0 Å². The highest BCUT2D eigenvalue weighted by molar-refractivity contribution is 9.10. The van der Waals surface area contributed by atoms with Crippen molar-refractivity contribution in [2.24, 2.45) is 5.92 Å². The van der Waals surface area contributed by atoms with Gasteiger partial charge in [-0.15, -0.1) is 0 Å². The molecule has 0 aromatic heterocycles. The SMILES string of the molecule is CCC1(C(C)C)NC(=O)N(CC(=O)Nc2ccc(Br)cc2)C1=O. The van der Waals surface area contributed by atoms with Crippen molar-refractivity contribution in [1.29, 1.82) is 0 Å². The van der Waals surface area contributed by atoms with Crippen LogP contribution in [0.3, 0.4) is 0 Å². The fraction of sp³-hybridized carbons (Fsp3) is 0.438. The lowest BCUT2D eigenvalue weighted by Crippen LogP contribution is -2.51. The van der Waals surface area contributed by atoms with Gasteiger partial charge in [0.15, 0.2) is 0 Å². The third-order valence-corrected chi connectivity index (χ3v) is 4.70. The summed E-state index contributed by atoms with van der Waals surface area (Å²) in [4.78, 5) is 37.8. The van der Waals surface area contributed by atoms with E-state index in [1.807, 2.05) is 20.8 Å². The molecule has 1 aromatic rings. The van der Waals surface area contributed by atoms with Crippen molar-refractivity contribution in [3.05, 3.63) is 28.7 Å². The molecule has 1 aliphatic rings. The summed E-state index contributed by atoms with van der Waals surface area (Å²) in [5.74, 6) is -0.805. The molecule has 0 spiro atoms. The molecule has 0 radical (unpaired) electrons. The molecule has 23 heavy (non-hydrogen) atoms. The highest BCUT2D eigenvalue weighted by Gasteiger charge is 2.52.